The maximum Gasteiger partial charge on any atom is 0.359 e. The van der Waals surface area contributed by atoms with Crippen molar-refractivity contribution in [3.63, 3.8) is 0 Å². The lowest BCUT2D eigenvalue weighted by Gasteiger charge is -2.22. The van der Waals surface area contributed by atoms with E-state index in [1.165, 1.54) is 12.3 Å². The summed E-state index contributed by atoms with van der Waals surface area (Å²) in [5.74, 6) is -1.46. The third-order valence-corrected chi connectivity index (χ3v) is 4.73. The van der Waals surface area contributed by atoms with Gasteiger partial charge in [-0.1, -0.05) is 18.2 Å². The van der Waals surface area contributed by atoms with Gasteiger partial charge in [-0.2, -0.15) is 0 Å². The first-order valence-electron chi connectivity index (χ1n) is 8.13. The lowest BCUT2D eigenvalue weighted by Crippen LogP contribution is -2.19. The van der Waals surface area contributed by atoms with Gasteiger partial charge in [-0.3, -0.25) is 9.83 Å². The number of hydrogen-bond donors (Lipinski definition) is 0. The Bertz CT molecular complexity index is 1020. The molecule has 0 fully saturated rings. The Morgan fingerprint density at radius 2 is 1.78 bits per heavy atom. The van der Waals surface area contributed by atoms with E-state index >= 15 is 0 Å². The fraction of sp³-hybridized carbons (Fsp3) is 0.143. The van der Waals surface area contributed by atoms with Gasteiger partial charge in [-0.25, -0.2) is 15.4 Å². The van der Waals surface area contributed by atoms with Crippen molar-refractivity contribution in [2.45, 2.75) is 5.00 Å². The molecule has 0 saturated heterocycles. The average molecular weight is 384 g/mol. The van der Waals surface area contributed by atoms with Gasteiger partial charge in [0.15, 0.2) is 0 Å². The molecule has 1 atom stereocenters. The lowest BCUT2D eigenvalue weighted by atomic mass is 9.93. The topological polar surface area (TPSA) is 20.5 Å². The van der Waals surface area contributed by atoms with Crippen LogP contribution in [-0.4, -0.2) is 19.1 Å². The fourth-order valence-electron chi connectivity index (χ4n) is 2.96. The summed E-state index contributed by atoms with van der Waals surface area (Å²) in [6.45, 7) is 7.72. The van der Waals surface area contributed by atoms with Crippen LogP contribution < -0.4 is 4.90 Å². The number of aromatic nitrogens is 1. The molecule has 1 heterocycles. The monoisotopic (exact) mass is 383 g/mol. The van der Waals surface area contributed by atoms with E-state index in [0.29, 0.717) is 16.8 Å². The number of nitrogens with zero attached hydrogens (tertiary/aromatic N) is 3. The van der Waals surface area contributed by atoms with Crippen molar-refractivity contribution >= 4 is 17.3 Å². The molecule has 6 heteroatoms. The molecule has 136 valence electrons. The van der Waals surface area contributed by atoms with Crippen LogP contribution in [0.25, 0.3) is 16.1 Å². The van der Waals surface area contributed by atoms with Crippen molar-refractivity contribution in [3.8, 4) is 11.3 Å². The molecule has 0 bridgehead atoms. The molecule has 3 rings (SSSR count). The zero-order valence-electron chi connectivity index (χ0n) is 14.7. The van der Waals surface area contributed by atoms with Gasteiger partial charge >= 0.3 is 5.00 Å². The highest BCUT2D eigenvalue weighted by molar-refractivity contribution is 6.27. The van der Waals surface area contributed by atoms with Crippen molar-refractivity contribution in [2.24, 2.45) is 0 Å². The van der Waals surface area contributed by atoms with E-state index in [2.05, 4.69) is 9.83 Å². The number of halogens is 3. The van der Waals surface area contributed by atoms with Crippen LogP contribution in [0.5, 0.6) is 0 Å². The Morgan fingerprint density at radius 1 is 1.07 bits per heavy atom. The minimum absolute atomic E-state index is 0.0987. The second-order valence-electron chi connectivity index (χ2n) is 6.18. The van der Waals surface area contributed by atoms with Crippen LogP contribution in [0.15, 0.2) is 60.8 Å². The summed E-state index contributed by atoms with van der Waals surface area (Å²) in [6.07, 6.45) is 1.49. The van der Waals surface area contributed by atoms with Crippen LogP contribution in [0.4, 0.5) is 14.5 Å². The quantitative estimate of drug-likeness (QED) is 0.339. The second-order valence-corrected chi connectivity index (χ2v) is 6.72. The van der Waals surface area contributed by atoms with E-state index in [1.807, 2.05) is 6.07 Å². The molecule has 0 spiro atoms. The van der Waals surface area contributed by atoms with E-state index in [9.17, 15) is 8.78 Å². The highest BCUT2D eigenvalue weighted by atomic mass is 35.5. The summed E-state index contributed by atoms with van der Waals surface area (Å²) in [7, 11) is 3.36. The molecule has 2 aromatic carbocycles. The van der Waals surface area contributed by atoms with Crippen LogP contribution in [0.3, 0.4) is 0 Å². The van der Waals surface area contributed by atoms with Gasteiger partial charge < -0.3 is 4.90 Å². The Balaban J connectivity index is 2.33. The molecule has 3 nitrogen and oxygen atoms in total. The molecule has 27 heavy (non-hydrogen) atoms. The third-order valence-electron chi connectivity index (χ3n) is 4.23. The molecule has 3 aromatic rings. The smallest absolute Gasteiger partial charge is 0.359 e. The van der Waals surface area contributed by atoms with Gasteiger partial charge in [0.25, 0.3) is 0 Å². The maximum absolute atomic E-state index is 14.8. The van der Waals surface area contributed by atoms with Gasteiger partial charge in [0.05, 0.1) is 28.1 Å². The highest BCUT2D eigenvalue weighted by Crippen LogP contribution is 2.44. The lowest BCUT2D eigenvalue weighted by molar-refractivity contribution is 0.585. The second kappa shape index (κ2) is 7.34. The minimum atomic E-state index is -1.59. The third kappa shape index (κ3) is 3.36. The standard InChI is InChI=1S/C21H16ClF2N3/c1-25-21(22,14-8-5-4-6-9-14)16-10-7-11-26-20(16)19-17(24)12-15(23)13-18(19)27(2)3/h4-13H,2-3H3. The van der Waals surface area contributed by atoms with Crippen LogP contribution in [-0.2, 0) is 5.00 Å². The molecule has 0 saturated carbocycles. The van der Waals surface area contributed by atoms with Gasteiger partial charge in [-0.15, -0.1) is 0 Å². The molecule has 0 aliphatic rings. The van der Waals surface area contributed by atoms with E-state index in [1.54, 1.807) is 55.4 Å². The number of pyridine rings is 1. The molecule has 0 amide bonds. The molecule has 0 aliphatic carbocycles. The van der Waals surface area contributed by atoms with Crippen molar-refractivity contribution in [2.75, 3.05) is 19.0 Å². The SMILES string of the molecule is [C-]#[N+]C(Cl)(c1ccccc1)c1cccnc1-c1c(F)cc(F)cc1N(C)C. The summed E-state index contributed by atoms with van der Waals surface area (Å²) in [4.78, 5) is 7.94. The average Bonchev–Trinajstić information content (AvgIpc) is 2.67. The molecule has 0 N–H and O–H groups in total. The Labute approximate surface area is 161 Å². The van der Waals surface area contributed by atoms with Crippen molar-refractivity contribution in [1.29, 1.82) is 0 Å². The Hall–Kier alpha value is -2.97. The van der Waals surface area contributed by atoms with Gasteiger partial charge in [0.1, 0.15) is 11.6 Å². The summed E-state index contributed by atoms with van der Waals surface area (Å²) in [5.41, 5.74) is 1.49. The maximum atomic E-state index is 14.8. The number of hydrogen-bond acceptors (Lipinski definition) is 2. The minimum Gasteiger partial charge on any atom is -0.377 e. The Morgan fingerprint density at radius 3 is 2.41 bits per heavy atom. The first-order valence-corrected chi connectivity index (χ1v) is 8.51. The first-order chi connectivity index (χ1) is 12.9. The van der Waals surface area contributed by atoms with E-state index < -0.39 is 16.6 Å². The summed E-state index contributed by atoms with van der Waals surface area (Å²) >= 11 is 6.74. The molecule has 1 unspecified atom stereocenters. The molecule has 0 aliphatic heterocycles. The van der Waals surface area contributed by atoms with Crippen LogP contribution >= 0.6 is 11.6 Å². The van der Waals surface area contributed by atoms with E-state index in [4.69, 9.17) is 18.2 Å². The zero-order chi connectivity index (χ0) is 19.6. The summed E-state index contributed by atoms with van der Waals surface area (Å²) < 4.78 is 28.6. The first kappa shape index (κ1) is 18.8. The fourth-order valence-corrected chi connectivity index (χ4v) is 3.24. The number of alkyl halides is 1. The van der Waals surface area contributed by atoms with Crippen LogP contribution in [0.2, 0.25) is 0 Å². The molecular formula is C21H16ClF2N3. The van der Waals surface area contributed by atoms with Crippen molar-refractivity contribution in [3.05, 3.63) is 95.0 Å². The zero-order valence-corrected chi connectivity index (χ0v) is 15.5. The van der Waals surface area contributed by atoms with E-state index in [0.717, 1.165) is 6.07 Å². The predicted molar refractivity (Wildman–Crippen MR) is 104 cm³/mol. The number of benzene rings is 2. The Kier molecular flexibility index (Phi) is 5.11. The van der Waals surface area contributed by atoms with Crippen molar-refractivity contribution in [1.82, 2.24) is 4.98 Å². The molecule has 0 radical (unpaired) electrons. The van der Waals surface area contributed by atoms with E-state index in [-0.39, 0.29) is 11.3 Å². The van der Waals surface area contributed by atoms with Crippen molar-refractivity contribution < 1.29 is 8.78 Å². The largest absolute Gasteiger partial charge is 0.377 e. The number of anilines is 1. The number of rotatable bonds is 4. The van der Waals surface area contributed by atoms with Gasteiger partial charge in [0, 0.05) is 26.4 Å². The molecule has 1 aromatic heterocycles. The van der Waals surface area contributed by atoms with Gasteiger partial charge in [-0.05, 0) is 41.9 Å². The highest BCUT2D eigenvalue weighted by Gasteiger charge is 2.42. The van der Waals surface area contributed by atoms with Crippen LogP contribution in [0.1, 0.15) is 11.1 Å². The summed E-state index contributed by atoms with van der Waals surface area (Å²) in [5, 5.41) is 0. The molecular weight excluding hydrogens is 368 g/mol. The van der Waals surface area contributed by atoms with Gasteiger partial charge in [0.2, 0.25) is 0 Å². The summed E-state index contributed by atoms with van der Waals surface area (Å²) in [6, 6.07) is 14.1. The normalized spacial score (nSPS) is 12.9. The predicted octanol–water partition coefficient (Wildman–Crippen LogP) is 5.45. The van der Waals surface area contributed by atoms with Crippen LogP contribution in [0, 0.1) is 18.2 Å².